The number of carbonyl (C=O) groups excluding carboxylic acids is 1. The van der Waals surface area contributed by atoms with Crippen molar-refractivity contribution in [3.63, 3.8) is 0 Å². The quantitative estimate of drug-likeness (QED) is 0.872. The van der Waals surface area contributed by atoms with Crippen LogP contribution in [0.1, 0.15) is 12.0 Å². The molecule has 1 aromatic carbocycles. The van der Waals surface area contributed by atoms with Gasteiger partial charge >= 0.3 is 18.0 Å². The van der Waals surface area contributed by atoms with Crippen LogP contribution in [0.2, 0.25) is 0 Å². The summed E-state index contributed by atoms with van der Waals surface area (Å²) in [6.45, 7) is 0.116. The second kappa shape index (κ2) is 6.93. The van der Waals surface area contributed by atoms with E-state index >= 15 is 0 Å². The fourth-order valence-electron chi connectivity index (χ4n) is 2.47. The lowest BCUT2D eigenvalue weighted by atomic mass is 9.86. The molecular formula is C15H17NO6. The molecule has 7 heteroatoms. The van der Waals surface area contributed by atoms with Gasteiger partial charge in [-0.25, -0.2) is 4.79 Å². The number of rotatable bonds is 4. The summed E-state index contributed by atoms with van der Waals surface area (Å²) < 4.78 is 5.14. The third-order valence-corrected chi connectivity index (χ3v) is 3.71. The molecule has 0 radical (unpaired) electrons. The van der Waals surface area contributed by atoms with Gasteiger partial charge in [0.1, 0.15) is 6.61 Å². The Morgan fingerprint density at radius 2 is 1.73 bits per heavy atom. The van der Waals surface area contributed by atoms with Crippen LogP contribution in [0.5, 0.6) is 0 Å². The molecule has 118 valence electrons. The van der Waals surface area contributed by atoms with Crippen LogP contribution < -0.4 is 0 Å². The van der Waals surface area contributed by atoms with Gasteiger partial charge in [0.25, 0.3) is 0 Å². The van der Waals surface area contributed by atoms with E-state index in [1.54, 1.807) is 0 Å². The van der Waals surface area contributed by atoms with Crippen molar-refractivity contribution in [1.29, 1.82) is 0 Å². The molecule has 2 atom stereocenters. The Kier molecular flexibility index (Phi) is 4.98. The van der Waals surface area contributed by atoms with Gasteiger partial charge in [-0.1, -0.05) is 30.3 Å². The molecule has 1 aliphatic heterocycles. The number of benzene rings is 1. The average molecular weight is 307 g/mol. The molecule has 1 heterocycles. The van der Waals surface area contributed by atoms with E-state index in [9.17, 15) is 14.4 Å². The normalized spacial score (nSPS) is 21.2. The monoisotopic (exact) mass is 307 g/mol. The average Bonchev–Trinajstić information content (AvgIpc) is 2.52. The van der Waals surface area contributed by atoms with E-state index < -0.39 is 29.9 Å². The molecule has 22 heavy (non-hydrogen) atoms. The molecule has 0 aliphatic carbocycles. The summed E-state index contributed by atoms with van der Waals surface area (Å²) in [6, 6.07) is 9.11. The van der Waals surface area contributed by atoms with E-state index in [-0.39, 0.29) is 26.1 Å². The number of hydrogen-bond donors (Lipinski definition) is 2. The van der Waals surface area contributed by atoms with Gasteiger partial charge in [0, 0.05) is 13.1 Å². The zero-order chi connectivity index (χ0) is 16.1. The van der Waals surface area contributed by atoms with E-state index in [4.69, 9.17) is 14.9 Å². The summed E-state index contributed by atoms with van der Waals surface area (Å²) in [5, 5.41) is 18.2. The molecule has 0 unspecified atom stereocenters. The third-order valence-electron chi connectivity index (χ3n) is 3.71. The number of piperidine rings is 1. The first kappa shape index (κ1) is 15.8. The van der Waals surface area contributed by atoms with E-state index in [1.807, 2.05) is 30.3 Å². The van der Waals surface area contributed by atoms with Crippen LogP contribution in [0.25, 0.3) is 0 Å². The highest BCUT2D eigenvalue weighted by Crippen LogP contribution is 2.25. The van der Waals surface area contributed by atoms with Gasteiger partial charge < -0.3 is 19.8 Å². The predicted molar refractivity (Wildman–Crippen MR) is 75.1 cm³/mol. The molecule has 1 aliphatic rings. The number of ether oxygens (including phenoxy) is 1. The van der Waals surface area contributed by atoms with Crippen LogP contribution >= 0.6 is 0 Å². The first-order valence-electron chi connectivity index (χ1n) is 6.90. The number of likely N-dealkylation sites (tertiary alicyclic amines) is 1. The van der Waals surface area contributed by atoms with Crippen LogP contribution in [-0.2, 0) is 20.9 Å². The molecule has 1 amide bonds. The van der Waals surface area contributed by atoms with Crippen molar-refractivity contribution in [1.82, 2.24) is 4.90 Å². The predicted octanol–water partition coefficient (Wildman–Crippen LogP) is 1.43. The number of amides is 1. The molecule has 0 saturated carbocycles. The largest absolute Gasteiger partial charge is 0.481 e. The number of aliphatic carboxylic acids is 2. The summed E-state index contributed by atoms with van der Waals surface area (Å²) >= 11 is 0. The van der Waals surface area contributed by atoms with E-state index in [0.717, 1.165) is 5.56 Å². The minimum absolute atomic E-state index is 0.0935. The Hall–Kier alpha value is -2.57. The van der Waals surface area contributed by atoms with Crippen molar-refractivity contribution >= 4 is 18.0 Å². The van der Waals surface area contributed by atoms with Crippen molar-refractivity contribution < 1.29 is 29.3 Å². The molecular weight excluding hydrogens is 290 g/mol. The molecule has 1 saturated heterocycles. The van der Waals surface area contributed by atoms with Crippen molar-refractivity contribution in [2.45, 2.75) is 13.0 Å². The van der Waals surface area contributed by atoms with Crippen LogP contribution in [-0.4, -0.2) is 46.2 Å². The minimum atomic E-state index is -1.21. The molecule has 2 N–H and O–H groups in total. The summed E-state index contributed by atoms with van der Waals surface area (Å²) in [7, 11) is 0. The van der Waals surface area contributed by atoms with Gasteiger partial charge in [0.2, 0.25) is 0 Å². The van der Waals surface area contributed by atoms with Crippen molar-refractivity contribution in [3.8, 4) is 0 Å². The lowest BCUT2D eigenvalue weighted by Gasteiger charge is -2.33. The lowest BCUT2D eigenvalue weighted by Crippen LogP contribution is -2.48. The van der Waals surface area contributed by atoms with Crippen LogP contribution in [0, 0.1) is 11.8 Å². The molecule has 1 aromatic rings. The highest BCUT2D eigenvalue weighted by atomic mass is 16.6. The maximum absolute atomic E-state index is 12.0. The topological polar surface area (TPSA) is 104 Å². The molecule has 2 rings (SSSR count). The van der Waals surface area contributed by atoms with Gasteiger partial charge in [-0.2, -0.15) is 0 Å². The second-order valence-corrected chi connectivity index (χ2v) is 5.16. The Morgan fingerprint density at radius 1 is 1.09 bits per heavy atom. The van der Waals surface area contributed by atoms with Crippen LogP contribution in [0.3, 0.4) is 0 Å². The molecule has 7 nitrogen and oxygen atoms in total. The maximum atomic E-state index is 12.0. The highest BCUT2D eigenvalue weighted by molar-refractivity contribution is 5.81. The van der Waals surface area contributed by atoms with Gasteiger partial charge in [-0.05, 0) is 12.0 Å². The summed E-state index contributed by atoms with van der Waals surface area (Å²) in [5.74, 6) is -4.45. The molecule has 0 aromatic heterocycles. The maximum Gasteiger partial charge on any atom is 0.410 e. The van der Waals surface area contributed by atoms with Gasteiger partial charge in [0.05, 0.1) is 11.8 Å². The second-order valence-electron chi connectivity index (χ2n) is 5.16. The van der Waals surface area contributed by atoms with E-state index in [2.05, 4.69) is 0 Å². The number of hydrogen-bond acceptors (Lipinski definition) is 4. The summed E-state index contributed by atoms with van der Waals surface area (Å²) in [6.07, 6.45) is -0.522. The fraction of sp³-hybridized carbons (Fsp3) is 0.400. The van der Waals surface area contributed by atoms with Crippen molar-refractivity contribution in [3.05, 3.63) is 35.9 Å². The minimum Gasteiger partial charge on any atom is -0.481 e. The van der Waals surface area contributed by atoms with Gasteiger partial charge in [0.15, 0.2) is 0 Å². The smallest absolute Gasteiger partial charge is 0.410 e. The molecule has 1 fully saturated rings. The van der Waals surface area contributed by atoms with E-state index in [0.29, 0.717) is 0 Å². The van der Waals surface area contributed by atoms with Crippen LogP contribution in [0.4, 0.5) is 4.79 Å². The number of carbonyl (C=O) groups is 3. The molecule has 0 spiro atoms. The third kappa shape index (κ3) is 3.75. The van der Waals surface area contributed by atoms with Crippen molar-refractivity contribution in [2.75, 3.05) is 13.1 Å². The van der Waals surface area contributed by atoms with Gasteiger partial charge in [-0.3, -0.25) is 9.59 Å². The number of nitrogens with zero attached hydrogens (tertiary/aromatic N) is 1. The first-order chi connectivity index (χ1) is 10.5. The zero-order valence-electron chi connectivity index (χ0n) is 11.8. The Morgan fingerprint density at radius 3 is 2.32 bits per heavy atom. The van der Waals surface area contributed by atoms with Crippen LogP contribution in [0.15, 0.2) is 30.3 Å². The fourth-order valence-corrected chi connectivity index (χ4v) is 2.47. The highest BCUT2D eigenvalue weighted by Gasteiger charge is 2.40. The SMILES string of the molecule is O=C(O)[C@H]1CCN(C(=O)OCc2ccccc2)C[C@@H]1C(=O)O. The van der Waals surface area contributed by atoms with E-state index in [1.165, 1.54) is 4.90 Å². The van der Waals surface area contributed by atoms with Crippen molar-refractivity contribution in [2.24, 2.45) is 11.8 Å². The Balaban J connectivity index is 1.94. The number of carboxylic acids is 2. The van der Waals surface area contributed by atoms with Gasteiger partial charge in [-0.15, -0.1) is 0 Å². The Bertz CT molecular complexity index is 558. The lowest BCUT2D eigenvalue weighted by molar-refractivity contribution is -0.156. The first-order valence-corrected chi connectivity index (χ1v) is 6.90. The summed E-state index contributed by atoms with van der Waals surface area (Å²) in [5.41, 5.74) is 0.825. The number of carboxylic acid groups (broad SMARTS) is 2. The Labute approximate surface area is 127 Å². The molecule has 0 bridgehead atoms. The summed E-state index contributed by atoms with van der Waals surface area (Å²) in [4.78, 5) is 35.5. The zero-order valence-corrected chi connectivity index (χ0v) is 11.8. The standard InChI is InChI=1S/C15H17NO6/c17-13(18)11-6-7-16(8-12(11)14(19)20)15(21)22-9-10-4-2-1-3-5-10/h1-5,11-12H,6-9H2,(H,17,18)(H,19,20)/t11-,12-/m0/s1.